The summed E-state index contributed by atoms with van der Waals surface area (Å²) in [5, 5.41) is 33.0. The van der Waals surface area contributed by atoms with Crippen LogP contribution in [0.3, 0.4) is 0 Å². The lowest BCUT2D eigenvalue weighted by atomic mass is 10.1. The van der Waals surface area contributed by atoms with Gasteiger partial charge in [-0.1, -0.05) is 6.07 Å². The minimum absolute atomic E-state index is 0.125. The Bertz CT molecular complexity index is 1190. The number of ether oxygens (including phenoxy) is 1. The molecule has 11 nitrogen and oxygen atoms in total. The SMILES string of the molecule is CC(Nc1ncnc2c1ncn2[C@@H]1O[C@H](CO)[C@@H](O)[C@H]1O)c1cnc2ccccn12. The number of fused-ring (bicyclic) bond motifs is 2. The summed E-state index contributed by atoms with van der Waals surface area (Å²) in [6, 6.07) is 5.68. The number of aliphatic hydroxyl groups is 3. The lowest BCUT2D eigenvalue weighted by molar-refractivity contribution is -0.0511. The fourth-order valence-electron chi connectivity index (χ4n) is 3.81. The first kappa shape index (κ1) is 18.9. The number of imidazole rings is 2. The van der Waals surface area contributed by atoms with E-state index < -0.39 is 31.1 Å². The third-order valence-electron chi connectivity index (χ3n) is 5.39. The number of aromatic nitrogens is 6. The first-order valence-corrected chi connectivity index (χ1v) is 9.57. The largest absolute Gasteiger partial charge is 0.394 e. The molecule has 4 N–H and O–H groups in total. The highest BCUT2D eigenvalue weighted by Gasteiger charge is 2.44. The van der Waals surface area contributed by atoms with E-state index in [1.165, 1.54) is 17.2 Å². The van der Waals surface area contributed by atoms with Gasteiger partial charge in [0.05, 0.1) is 30.9 Å². The highest BCUT2D eigenvalue weighted by Crippen LogP contribution is 2.32. The van der Waals surface area contributed by atoms with Crippen LogP contribution in [0.25, 0.3) is 16.8 Å². The third kappa shape index (κ3) is 2.91. The van der Waals surface area contributed by atoms with E-state index in [1.54, 1.807) is 0 Å². The summed E-state index contributed by atoms with van der Waals surface area (Å²) < 4.78 is 9.12. The van der Waals surface area contributed by atoms with Crippen LogP contribution >= 0.6 is 0 Å². The molecule has 5 atom stereocenters. The second kappa shape index (κ2) is 7.29. The summed E-state index contributed by atoms with van der Waals surface area (Å²) in [5.74, 6) is 0.517. The zero-order valence-electron chi connectivity index (χ0n) is 16.1. The van der Waals surface area contributed by atoms with Gasteiger partial charge in [0.1, 0.15) is 30.3 Å². The number of hydrogen-bond acceptors (Lipinski definition) is 9. The van der Waals surface area contributed by atoms with Gasteiger partial charge in [-0.05, 0) is 19.1 Å². The average molecular weight is 411 g/mol. The van der Waals surface area contributed by atoms with E-state index in [4.69, 9.17) is 4.74 Å². The number of aliphatic hydroxyl groups excluding tert-OH is 3. The molecule has 0 aliphatic carbocycles. The van der Waals surface area contributed by atoms with Crippen LogP contribution in [0, 0.1) is 0 Å². The van der Waals surface area contributed by atoms with Crippen molar-refractivity contribution in [2.45, 2.75) is 37.5 Å². The topological polar surface area (TPSA) is 143 Å². The van der Waals surface area contributed by atoms with Crippen molar-refractivity contribution in [3.8, 4) is 0 Å². The molecule has 5 heterocycles. The number of pyridine rings is 1. The molecule has 1 fully saturated rings. The van der Waals surface area contributed by atoms with Crippen molar-refractivity contribution in [1.29, 1.82) is 0 Å². The molecular weight excluding hydrogens is 390 g/mol. The average Bonchev–Trinajstić information content (AvgIpc) is 3.45. The molecule has 1 unspecified atom stereocenters. The zero-order chi connectivity index (χ0) is 20.8. The monoisotopic (exact) mass is 411 g/mol. The Kier molecular flexibility index (Phi) is 4.59. The maximum atomic E-state index is 10.3. The molecule has 1 aliphatic rings. The first-order valence-electron chi connectivity index (χ1n) is 9.57. The Labute approximate surface area is 170 Å². The molecule has 4 aromatic rings. The van der Waals surface area contributed by atoms with Crippen molar-refractivity contribution < 1.29 is 20.1 Å². The van der Waals surface area contributed by atoms with E-state index in [1.807, 2.05) is 41.9 Å². The minimum Gasteiger partial charge on any atom is -0.394 e. The number of anilines is 1. The van der Waals surface area contributed by atoms with E-state index in [0.717, 1.165) is 11.3 Å². The van der Waals surface area contributed by atoms with E-state index >= 15 is 0 Å². The summed E-state index contributed by atoms with van der Waals surface area (Å²) in [4.78, 5) is 17.4. The molecule has 4 aromatic heterocycles. The number of hydrogen-bond donors (Lipinski definition) is 4. The Morgan fingerprint density at radius 2 is 2.03 bits per heavy atom. The molecule has 30 heavy (non-hydrogen) atoms. The number of rotatable bonds is 5. The molecule has 0 saturated carbocycles. The van der Waals surface area contributed by atoms with E-state index in [0.29, 0.717) is 17.0 Å². The first-order chi connectivity index (χ1) is 14.6. The van der Waals surface area contributed by atoms with Gasteiger partial charge in [-0.2, -0.15) is 0 Å². The molecule has 0 aromatic carbocycles. The predicted molar refractivity (Wildman–Crippen MR) is 106 cm³/mol. The van der Waals surface area contributed by atoms with Gasteiger partial charge in [-0.25, -0.2) is 19.9 Å². The van der Waals surface area contributed by atoms with Gasteiger partial charge in [0, 0.05) is 6.20 Å². The van der Waals surface area contributed by atoms with Gasteiger partial charge in [0.2, 0.25) is 0 Å². The van der Waals surface area contributed by atoms with Crippen LogP contribution in [0.1, 0.15) is 24.9 Å². The molecule has 0 bridgehead atoms. The lowest BCUT2D eigenvalue weighted by Crippen LogP contribution is -2.33. The van der Waals surface area contributed by atoms with Gasteiger partial charge in [0.15, 0.2) is 23.2 Å². The molecule has 0 radical (unpaired) electrons. The van der Waals surface area contributed by atoms with Crippen molar-refractivity contribution in [2.75, 3.05) is 11.9 Å². The fraction of sp³-hybridized carbons (Fsp3) is 0.368. The minimum atomic E-state index is -1.22. The van der Waals surface area contributed by atoms with Crippen LogP contribution in [0.5, 0.6) is 0 Å². The van der Waals surface area contributed by atoms with Crippen LogP contribution in [0.4, 0.5) is 5.82 Å². The quantitative estimate of drug-likeness (QED) is 0.363. The highest BCUT2D eigenvalue weighted by molar-refractivity contribution is 5.82. The Balaban J connectivity index is 1.47. The molecular formula is C19H21N7O4. The highest BCUT2D eigenvalue weighted by atomic mass is 16.6. The number of nitrogens with one attached hydrogen (secondary N) is 1. The molecule has 11 heteroatoms. The molecule has 156 valence electrons. The van der Waals surface area contributed by atoms with Gasteiger partial charge in [-0.15, -0.1) is 0 Å². The van der Waals surface area contributed by atoms with Gasteiger partial charge < -0.3 is 29.8 Å². The summed E-state index contributed by atoms with van der Waals surface area (Å²) in [6.07, 6.45) is 2.41. The zero-order valence-corrected chi connectivity index (χ0v) is 16.1. The Morgan fingerprint density at radius 1 is 1.17 bits per heavy atom. The van der Waals surface area contributed by atoms with E-state index in [2.05, 4.69) is 25.3 Å². The fourth-order valence-corrected chi connectivity index (χ4v) is 3.81. The Hall–Kier alpha value is -3.12. The van der Waals surface area contributed by atoms with E-state index in [9.17, 15) is 15.3 Å². The summed E-state index contributed by atoms with van der Waals surface area (Å²) in [6.45, 7) is 1.59. The van der Waals surface area contributed by atoms with Crippen LogP contribution in [0.2, 0.25) is 0 Å². The van der Waals surface area contributed by atoms with Crippen molar-refractivity contribution in [3.63, 3.8) is 0 Å². The van der Waals surface area contributed by atoms with Crippen LogP contribution < -0.4 is 5.32 Å². The van der Waals surface area contributed by atoms with Gasteiger partial charge in [-0.3, -0.25) is 4.57 Å². The van der Waals surface area contributed by atoms with Crippen molar-refractivity contribution >= 4 is 22.6 Å². The summed E-state index contributed by atoms with van der Waals surface area (Å²) in [7, 11) is 0. The third-order valence-corrected chi connectivity index (χ3v) is 5.39. The van der Waals surface area contributed by atoms with Crippen LogP contribution in [-0.4, -0.2) is 69.1 Å². The second-order valence-electron chi connectivity index (χ2n) is 7.25. The van der Waals surface area contributed by atoms with Crippen molar-refractivity contribution in [3.05, 3.63) is 48.9 Å². The van der Waals surface area contributed by atoms with Crippen LogP contribution in [0.15, 0.2) is 43.2 Å². The normalized spacial score (nSPS) is 25.2. The van der Waals surface area contributed by atoms with Gasteiger partial charge >= 0.3 is 0 Å². The van der Waals surface area contributed by atoms with Crippen LogP contribution in [-0.2, 0) is 4.74 Å². The summed E-state index contributed by atoms with van der Waals surface area (Å²) >= 11 is 0. The number of nitrogens with zero attached hydrogens (tertiary/aromatic N) is 6. The molecule has 1 saturated heterocycles. The lowest BCUT2D eigenvalue weighted by Gasteiger charge is -2.17. The molecule has 0 amide bonds. The van der Waals surface area contributed by atoms with Crippen molar-refractivity contribution in [2.24, 2.45) is 0 Å². The maximum absolute atomic E-state index is 10.3. The standard InChI is InChI=1S/C19H21N7O4/c1-10(11-6-20-13-4-2-3-5-25(11)13)24-17-14-18(22-8-21-17)26(9-23-14)19-16(29)15(28)12(7-27)30-19/h2-6,8-10,12,15-16,19,27-29H,7H2,1H3,(H,21,22,24)/t10?,12-,15-,16-,19-/m1/s1. The smallest absolute Gasteiger partial charge is 0.167 e. The maximum Gasteiger partial charge on any atom is 0.167 e. The summed E-state index contributed by atoms with van der Waals surface area (Å²) in [5.41, 5.74) is 2.74. The predicted octanol–water partition coefficient (Wildman–Crippen LogP) is 0.259. The second-order valence-corrected chi connectivity index (χ2v) is 7.25. The molecule has 0 spiro atoms. The van der Waals surface area contributed by atoms with Crippen molar-refractivity contribution in [1.82, 2.24) is 28.9 Å². The molecule has 5 rings (SSSR count). The Morgan fingerprint density at radius 3 is 2.83 bits per heavy atom. The van der Waals surface area contributed by atoms with Gasteiger partial charge in [0.25, 0.3) is 0 Å². The molecule has 1 aliphatic heterocycles. The van der Waals surface area contributed by atoms with E-state index in [-0.39, 0.29) is 6.04 Å².